The highest BCUT2D eigenvalue weighted by atomic mass is 19.1. The fourth-order valence-corrected chi connectivity index (χ4v) is 1.27. The van der Waals surface area contributed by atoms with Gasteiger partial charge in [-0.25, -0.2) is 9.37 Å². The number of pyridine rings is 1. The van der Waals surface area contributed by atoms with Gasteiger partial charge in [-0.05, 0) is 12.1 Å². The van der Waals surface area contributed by atoms with E-state index in [1.54, 1.807) is 0 Å². The lowest BCUT2D eigenvalue weighted by molar-refractivity contribution is -0.383. The third kappa shape index (κ3) is 1.19. The van der Waals surface area contributed by atoms with Crippen LogP contribution in [0, 0.1) is 15.9 Å². The van der Waals surface area contributed by atoms with Gasteiger partial charge in [-0.1, -0.05) is 6.07 Å². The minimum Gasteiger partial charge on any atom is -0.258 e. The molecule has 0 atom stereocenters. The number of hydrogen-bond acceptors (Lipinski definition) is 3. The molecule has 0 bridgehead atoms. The number of non-ortho nitro benzene ring substituents is 1. The molecule has 0 unspecified atom stereocenters. The maximum absolute atomic E-state index is 13.2. The predicted octanol–water partition coefficient (Wildman–Crippen LogP) is 2.28. The van der Waals surface area contributed by atoms with Crippen LogP contribution in [0.4, 0.5) is 10.1 Å². The molecular formula is C9H5FN2O2. The number of benzene rings is 1. The van der Waals surface area contributed by atoms with Gasteiger partial charge < -0.3 is 0 Å². The number of fused-ring (bicyclic) bond motifs is 1. The fraction of sp³-hybridized carbons (Fsp3) is 0. The van der Waals surface area contributed by atoms with Gasteiger partial charge in [0.25, 0.3) is 5.69 Å². The molecular weight excluding hydrogens is 187 g/mol. The smallest absolute Gasteiger partial charge is 0.258 e. The minimum absolute atomic E-state index is 0.0810. The van der Waals surface area contributed by atoms with Crippen molar-refractivity contribution in [1.29, 1.82) is 0 Å². The number of nitro groups is 1. The van der Waals surface area contributed by atoms with Crippen molar-refractivity contribution in [2.24, 2.45) is 0 Å². The van der Waals surface area contributed by atoms with Crippen molar-refractivity contribution in [1.82, 2.24) is 4.98 Å². The molecule has 1 aromatic heterocycles. The van der Waals surface area contributed by atoms with Gasteiger partial charge in [0.2, 0.25) is 0 Å². The average molecular weight is 192 g/mol. The van der Waals surface area contributed by atoms with Crippen molar-refractivity contribution in [2.45, 2.75) is 0 Å². The molecule has 1 heterocycles. The molecule has 0 amide bonds. The van der Waals surface area contributed by atoms with E-state index in [-0.39, 0.29) is 16.6 Å². The van der Waals surface area contributed by atoms with E-state index in [4.69, 9.17) is 0 Å². The van der Waals surface area contributed by atoms with Crippen LogP contribution in [0.1, 0.15) is 0 Å². The van der Waals surface area contributed by atoms with Crippen LogP contribution in [0.3, 0.4) is 0 Å². The Bertz CT molecular complexity index is 513. The lowest BCUT2D eigenvalue weighted by Gasteiger charge is -1.98. The van der Waals surface area contributed by atoms with Gasteiger partial charge in [0.15, 0.2) is 5.52 Å². The topological polar surface area (TPSA) is 56.0 Å². The van der Waals surface area contributed by atoms with E-state index < -0.39 is 10.7 Å². The number of nitrogens with zero attached hydrogens (tertiary/aromatic N) is 2. The van der Waals surface area contributed by atoms with Crippen molar-refractivity contribution < 1.29 is 9.31 Å². The number of aromatic nitrogens is 1. The van der Waals surface area contributed by atoms with E-state index in [9.17, 15) is 14.5 Å². The second-order valence-electron chi connectivity index (χ2n) is 2.72. The molecule has 2 rings (SSSR count). The Labute approximate surface area is 78.2 Å². The van der Waals surface area contributed by atoms with Crippen LogP contribution in [0.2, 0.25) is 0 Å². The summed E-state index contributed by atoms with van der Waals surface area (Å²) in [5.41, 5.74) is -0.0977. The van der Waals surface area contributed by atoms with E-state index in [0.29, 0.717) is 0 Å². The third-order valence-corrected chi connectivity index (χ3v) is 1.89. The van der Waals surface area contributed by atoms with E-state index in [2.05, 4.69) is 4.98 Å². The van der Waals surface area contributed by atoms with Gasteiger partial charge in [0, 0.05) is 17.6 Å². The summed E-state index contributed by atoms with van der Waals surface area (Å²) in [6, 6.07) is 5.37. The highest BCUT2D eigenvalue weighted by Gasteiger charge is 2.13. The van der Waals surface area contributed by atoms with Crippen molar-refractivity contribution in [2.75, 3.05) is 0 Å². The second kappa shape index (κ2) is 3.02. The van der Waals surface area contributed by atoms with Crippen molar-refractivity contribution in [3.8, 4) is 0 Å². The molecule has 0 saturated carbocycles. The van der Waals surface area contributed by atoms with Gasteiger partial charge >= 0.3 is 0 Å². The van der Waals surface area contributed by atoms with E-state index in [0.717, 1.165) is 0 Å². The Kier molecular flexibility index (Phi) is 1.85. The Hall–Kier alpha value is -2.04. The molecule has 1 aromatic carbocycles. The first-order valence-corrected chi connectivity index (χ1v) is 3.88. The number of para-hydroxylation sites is 1. The summed E-state index contributed by atoms with van der Waals surface area (Å²) < 4.78 is 13.2. The normalized spacial score (nSPS) is 10.4. The first-order chi connectivity index (χ1) is 6.70. The molecule has 0 saturated heterocycles. The van der Waals surface area contributed by atoms with Gasteiger partial charge in [-0.2, -0.15) is 0 Å². The molecule has 0 fully saturated rings. The fourth-order valence-electron chi connectivity index (χ4n) is 1.27. The lowest BCUT2D eigenvalue weighted by Crippen LogP contribution is -1.92. The van der Waals surface area contributed by atoms with Gasteiger partial charge in [-0.3, -0.25) is 10.1 Å². The first-order valence-electron chi connectivity index (χ1n) is 3.88. The zero-order chi connectivity index (χ0) is 10.1. The molecule has 5 heteroatoms. The van der Waals surface area contributed by atoms with Crippen molar-refractivity contribution in [3.05, 3.63) is 46.4 Å². The molecule has 14 heavy (non-hydrogen) atoms. The monoisotopic (exact) mass is 192 g/mol. The Balaban J connectivity index is 2.88. The summed E-state index contributed by atoms with van der Waals surface area (Å²) in [5, 5.41) is 10.7. The van der Waals surface area contributed by atoms with Crippen molar-refractivity contribution >= 4 is 16.6 Å². The molecule has 0 aliphatic carbocycles. The van der Waals surface area contributed by atoms with Crippen molar-refractivity contribution in [3.63, 3.8) is 0 Å². The zero-order valence-electron chi connectivity index (χ0n) is 6.98. The number of halogens is 1. The molecule has 0 aliphatic rings. The Morgan fingerprint density at radius 1 is 1.36 bits per heavy atom. The Morgan fingerprint density at radius 3 is 2.86 bits per heavy atom. The Morgan fingerprint density at radius 2 is 2.14 bits per heavy atom. The molecule has 2 aromatic rings. The number of nitro benzene ring substituents is 1. The van der Waals surface area contributed by atoms with Gasteiger partial charge in [-0.15, -0.1) is 0 Å². The largest absolute Gasteiger partial charge is 0.295 e. The molecule has 0 spiro atoms. The third-order valence-electron chi connectivity index (χ3n) is 1.89. The maximum atomic E-state index is 13.2. The van der Waals surface area contributed by atoms with Crippen LogP contribution >= 0.6 is 0 Å². The summed E-state index contributed by atoms with van der Waals surface area (Å²) in [6.45, 7) is 0. The molecule has 0 N–H and O–H groups in total. The van der Waals surface area contributed by atoms with Crippen LogP contribution in [0.25, 0.3) is 10.9 Å². The highest BCUT2D eigenvalue weighted by molar-refractivity contribution is 5.87. The summed E-state index contributed by atoms with van der Waals surface area (Å²) >= 11 is 0. The number of hydrogen-bond donors (Lipinski definition) is 0. The second-order valence-corrected chi connectivity index (χ2v) is 2.72. The quantitative estimate of drug-likeness (QED) is 0.514. The van der Waals surface area contributed by atoms with E-state index in [1.807, 2.05) is 0 Å². The summed E-state index contributed by atoms with van der Waals surface area (Å²) in [5.74, 6) is -0.501. The summed E-state index contributed by atoms with van der Waals surface area (Å²) in [4.78, 5) is 13.8. The molecule has 0 aliphatic heterocycles. The van der Waals surface area contributed by atoms with Crippen LogP contribution < -0.4 is 0 Å². The SMILES string of the molecule is O=[N+]([O-])c1cccc2c(F)ccnc12. The van der Waals surface area contributed by atoms with Crippen LogP contribution in [0.5, 0.6) is 0 Å². The summed E-state index contributed by atoms with van der Waals surface area (Å²) in [7, 11) is 0. The molecule has 70 valence electrons. The zero-order valence-corrected chi connectivity index (χ0v) is 6.98. The van der Waals surface area contributed by atoms with E-state index in [1.165, 1.54) is 30.5 Å². The maximum Gasteiger partial charge on any atom is 0.295 e. The first kappa shape index (κ1) is 8.55. The van der Waals surface area contributed by atoms with Gasteiger partial charge in [0.1, 0.15) is 5.82 Å². The minimum atomic E-state index is -0.575. The lowest BCUT2D eigenvalue weighted by atomic mass is 10.2. The number of rotatable bonds is 1. The van der Waals surface area contributed by atoms with E-state index >= 15 is 0 Å². The van der Waals surface area contributed by atoms with Crippen LogP contribution in [-0.4, -0.2) is 9.91 Å². The highest BCUT2D eigenvalue weighted by Crippen LogP contribution is 2.24. The van der Waals surface area contributed by atoms with Gasteiger partial charge in [0.05, 0.1) is 4.92 Å². The predicted molar refractivity (Wildman–Crippen MR) is 48.4 cm³/mol. The average Bonchev–Trinajstić information content (AvgIpc) is 2.17. The summed E-state index contributed by atoms with van der Waals surface area (Å²) in [6.07, 6.45) is 1.21. The van der Waals surface area contributed by atoms with Crippen LogP contribution in [-0.2, 0) is 0 Å². The standard InChI is InChI=1S/C9H5FN2O2/c10-7-4-5-11-9-6(7)2-1-3-8(9)12(13)14/h1-5H. The molecule has 0 radical (unpaired) electrons. The molecule has 4 nitrogen and oxygen atoms in total. The van der Waals surface area contributed by atoms with Crippen LogP contribution in [0.15, 0.2) is 30.5 Å².